The lowest BCUT2D eigenvalue weighted by molar-refractivity contribution is 0.0824. The van der Waals surface area contributed by atoms with Crippen LogP contribution >= 0.6 is 11.8 Å². The van der Waals surface area contributed by atoms with Gasteiger partial charge in [0.05, 0.1) is 10.3 Å². The van der Waals surface area contributed by atoms with Crippen LogP contribution in [0.5, 0.6) is 0 Å². The minimum atomic E-state index is -0.645. The molecule has 1 saturated carbocycles. The van der Waals surface area contributed by atoms with E-state index in [1.807, 2.05) is 24.8 Å². The summed E-state index contributed by atoms with van der Waals surface area (Å²) in [7, 11) is 0. The summed E-state index contributed by atoms with van der Waals surface area (Å²) in [6.07, 6.45) is 9.25. The molecule has 1 aromatic carbocycles. The van der Waals surface area contributed by atoms with Crippen molar-refractivity contribution < 1.29 is 5.11 Å². The van der Waals surface area contributed by atoms with Crippen LogP contribution in [0.15, 0.2) is 46.9 Å². The number of aliphatic hydroxyl groups is 1. The molecule has 2 aliphatic carbocycles. The minimum absolute atomic E-state index is 0.0114. The molecule has 0 bridgehead atoms. The van der Waals surface area contributed by atoms with Crippen molar-refractivity contribution in [3.8, 4) is 0 Å². The van der Waals surface area contributed by atoms with Gasteiger partial charge in [0.2, 0.25) is 0 Å². The maximum atomic E-state index is 11.1. The summed E-state index contributed by atoms with van der Waals surface area (Å²) in [5.74, 6) is 0. The zero-order valence-corrected chi connectivity index (χ0v) is 12.4. The first-order chi connectivity index (χ1) is 9.14. The van der Waals surface area contributed by atoms with Crippen molar-refractivity contribution in [2.75, 3.05) is 0 Å². The molecule has 0 radical (unpaired) electrons. The Bertz CT molecular complexity index is 471. The summed E-state index contributed by atoms with van der Waals surface area (Å²) < 4.78 is 0.0114. The van der Waals surface area contributed by atoms with Crippen molar-refractivity contribution in [1.29, 1.82) is 0 Å². The van der Waals surface area contributed by atoms with E-state index in [2.05, 4.69) is 30.3 Å². The van der Waals surface area contributed by atoms with Gasteiger partial charge in [0.25, 0.3) is 0 Å². The van der Waals surface area contributed by atoms with E-state index in [1.165, 1.54) is 23.3 Å². The van der Waals surface area contributed by atoms with Crippen LogP contribution in [0, 0.1) is 0 Å². The third-order valence-corrected chi connectivity index (χ3v) is 6.27. The topological polar surface area (TPSA) is 20.2 Å². The van der Waals surface area contributed by atoms with Crippen LogP contribution in [0.2, 0.25) is 0 Å². The first-order valence-electron chi connectivity index (χ1n) is 7.30. The third kappa shape index (κ3) is 2.48. The molecule has 2 heteroatoms. The van der Waals surface area contributed by atoms with E-state index in [0.717, 1.165) is 25.7 Å². The summed E-state index contributed by atoms with van der Waals surface area (Å²) in [6, 6.07) is 10.5. The third-order valence-electron chi connectivity index (χ3n) is 4.56. The molecular formula is C17H22OS. The highest BCUT2D eigenvalue weighted by atomic mass is 32.2. The lowest BCUT2D eigenvalue weighted by Gasteiger charge is -2.37. The molecule has 0 saturated heterocycles. The van der Waals surface area contributed by atoms with Crippen molar-refractivity contribution in [3.05, 3.63) is 42.0 Å². The van der Waals surface area contributed by atoms with Gasteiger partial charge in [0.1, 0.15) is 0 Å². The predicted octanol–water partition coefficient (Wildman–Crippen LogP) is 4.56. The molecule has 3 rings (SSSR count). The maximum Gasteiger partial charge on any atom is 0.0978 e. The monoisotopic (exact) mass is 274 g/mol. The van der Waals surface area contributed by atoms with Crippen molar-refractivity contribution in [2.24, 2.45) is 0 Å². The highest BCUT2D eigenvalue weighted by Crippen LogP contribution is 2.60. The second-order valence-electron chi connectivity index (χ2n) is 5.96. The van der Waals surface area contributed by atoms with Gasteiger partial charge in [-0.15, -0.1) is 11.8 Å². The van der Waals surface area contributed by atoms with Crippen molar-refractivity contribution in [2.45, 2.75) is 60.7 Å². The number of thioether (sulfide) groups is 1. The van der Waals surface area contributed by atoms with Crippen molar-refractivity contribution in [3.63, 3.8) is 0 Å². The average molecular weight is 274 g/mol. The number of rotatable bonds is 4. The Kier molecular flexibility index (Phi) is 3.48. The molecule has 1 fully saturated rings. The highest BCUT2D eigenvalue weighted by molar-refractivity contribution is 8.01. The van der Waals surface area contributed by atoms with Crippen LogP contribution in [-0.4, -0.2) is 15.5 Å². The number of hydrogen-bond acceptors (Lipinski definition) is 2. The average Bonchev–Trinajstić information content (AvgIpc) is 3.22. The Morgan fingerprint density at radius 1 is 1.16 bits per heavy atom. The zero-order valence-electron chi connectivity index (χ0n) is 11.6. The highest BCUT2D eigenvalue weighted by Gasteiger charge is 2.58. The Balaban J connectivity index is 1.81. The molecule has 102 valence electrons. The van der Waals surface area contributed by atoms with Gasteiger partial charge in [-0.3, -0.25) is 0 Å². The molecule has 1 nitrogen and oxygen atoms in total. The Hall–Kier alpha value is -0.730. The lowest BCUT2D eigenvalue weighted by Crippen LogP contribution is -2.41. The SMILES string of the molecule is CC(O)(C1=CCCCC1)C1(Sc2ccccc2)CC1. The van der Waals surface area contributed by atoms with Gasteiger partial charge in [-0.1, -0.05) is 24.3 Å². The number of allylic oxidation sites excluding steroid dienone is 1. The molecule has 2 aliphatic rings. The van der Waals surface area contributed by atoms with Crippen LogP contribution in [0.1, 0.15) is 45.4 Å². The van der Waals surface area contributed by atoms with Crippen LogP contribution in [0.25, 0.3) is 0 Å². The van der Waals surface area contributed by atoms with Gasteiger partial charge in [-0.05, 0) is 63.2 Å². The van der Waals surface area contributed by atoms with Gasteiger partial charge in [0.15, 0.2) is 0 Å². The maximum absolute atomic E-state index is 11.1. The molecule has 0 aromatic heterocycles. The molecular weight excluding hydrogens is 252 g/mol. The quantitative estimate of drug-likeness (QED) is 0.812. The van der Waals surface area contributed by atoms with Crippen molar-refractivity contribution in [1.82, 2.24) is 0 Å². The van der Waals surface area contributed by atoms with Gasteiger partial charge in [-0.25, -0.2) is 0 Å². The minimum Gasteiger partial charge on any atom is -0.384 e. The van der Waals surface area contributed by atoms with E-state index in [0.29, 0.717) is 0 Å². The Morgan fingerprint density at radius 3 is 2.47 bits per heavy atom. The van der Waals surface area contributed by atoms with Crippen LogP contribution in [0.3, 0.4) is 0 Å². The second-order valence-corrected chi connectivity index (χ2v) is 7.41. The smallest absolute Gasteiger partial charge is 0.0978 e. The molecule has 1 aromatic rings. The van der Waals surface area contributed by atoms with E-state index in [1.54, 1.807) is 0 Å². The number of hydrogen-bond donors (Lipinski definition) is 1. The Morgan fingerprint density at radius 2 is 1.89 bits per heavy atom. The second kappa shape index (κ2) is 4.99. The van der Waals surface area contributed by atoms with E-state index in [-0.39, 0.29) is 4.75 Å². The number of benzene rings is 1. The summed E-state index contributed by atoms with van der Waals surface area (Å²) in [4.78, 5) is 1.27. The summed E-state index contributed by atoms with van der Waals surface area (Å²) in [5, 5.41) is 11.1. The predicted molar refractivity (Wildman–Crippen MR) is 81.4 cm³/mol. The molecule has 0 aliphatic heterocycles. The fraction of sp³-hybridized carbons (Fsp3) is 0.529. The van der Waals surface area contributed by atoms with Gasteiger partial charge >= 0.3 is 0 Å². The summed E-state index contributed by atoms with van der Waals surface area (Å²) >= 11 is 1.87. The van der Waals surface area contributed by atoms with Gasteiger partial charge in [-0.2, -0.15) is 0 Å². The standard InChI is InChI=1S/C17H22OS/c1-16(18,14-8-4-2-5-9-14)17(12-13-17)19-15-10-6-3-7-11-15/h3,6-8,10-11,18H,2,4-5,9,12-13H2,1H3. The van der Waals surface area contributed by atoms with E-state index < -0.39 is 5.60 Å². The zero-order chi connectivity index (χ0) is 13.3. The Labute approximate surface area is 120 Å². The molecule has 1 unspecified atom stereocenters. The van der Waals surface area contributed by atoms with E-state index in [4.69, 9.17) is 0 Å². The summed E-state index contributed by atoms with van der Waals surface area (Å²) in [6.45, 7) is 2.03. The van der Waals surface area contributed by atoms with E-state index in [9.17, 15) is 5.11 Å². The van der Waals surface area contributed by atoms with Gasteiger partial charge < -0.3 is 5.11 Å². The molecule has 0 amide bonds. The largest absolute Gasteiger partial charge is 0.384 e. The van der Waals surface area contributed by atoms with E-state index >= 15 is 0 Å². The van der Waals surface area contributed by atoms with Crippen LogP contribution in [0.4, 0.5) is 0 Å². The fourth-order valence-electron chi connectivity index (χ4n) is 3.09. The fourth-order valence-corrected chi connectivity index (χ4v) is 4.47. The van der Waals surface area contributed by atoms with Crippen molar-refractivity contribution >= 4 is 11.8 Å². The lowest BCUT2D eigenvalue weighted by atomic mass is 9.83. The molecule has 0 spiro atoms. The first-order valence-corrected chi connectivity index (χ1v) is 8.12. The first kappa shape index (κ1) is 13.3. The molecule has 1 atom stereocenters. The van der Waals surface area contributed by atoms with Gasteiger partial charge in [0, 0.05) is 4.90 Å². The van der Waals surface area contributed by atoms with Crippen LogP contribution < -0.4 is 0 Å². The normalized spacial score (nSPS) is 24.4. The molecule has 19 heavy (non-hydrogen) atoms. The molecule has 0 heterocycles. The molecule has 1 N–H and O–H groups in total. The summed E-state index contributed by atoms with van der Waals surface area (Å²) in [5.41, 5.74) is 0.633. The van der Waals surface area contributed by atoms with Crippen LogP contribution in [-0.2, 0) is 0 Å².